The summed E-state index contributed by atoms with van der Waals surface area (Å²) < 4.78 is 10.6. The van der Waals surface area contributed by atoms with E-state index in [1.165, 1.54) is 13.5 Å². The lowest BCUT2D eigenvalue weighted by Crippen LogP contribution is -2.34. The monoisotopic (exact) mass is 278 g/mol. The molecule has 2 rings (SSSR count). The van der Waals surface area contributed by atoms with Gasteiger partial charge in [0.05, 0.1) is 24.5 Å². The number of likely N-dealkylation sites (N-methyl/N-ethyl adjacent to an activating group) is 1. The smallest absolute Gasteiger partial charge is 0.340 e. The van der Waals surface area contributed by atoms with E-state index in [2.05, 4.69) is 0 Å². The van der Waals surface area contributed by atoms with Crippen molar-refractivity contribution < 1.29 is 14.3 Å². The van der Waals surface area contributed by atoms with Crippen LogP contribution in [-0.4, -0.2) is 39.4 Å². The summed E-state index contributed by atoms with van der Waals surface area (Å²) in [5.74, 6) is -0.372. The van der Waals surface area contributed by atoms with Crippen LogP contribution in [0.1, 0.15) is 29.6 Å². The minimum absolute atomic E-state index is 0.219. The van der Waals surface area contributed by atoms with Gasteiger partial charge in [0.25, 0.3) is 0 Å². The van der Waals surface area contributed by atoms with Gasteiger partial charge in [0.15, 0.2) is 0 Å². The number of carbonyl (C=O) groups is 1. The third-order valence-corrected chi connectivity index (χ3v) is 3.59. The highest BCUT2D eigenvalue weighted by atomic mass is 16.5. The lowest BCUT2D eigenvalue weighted by molar-refractivity contribution is 0.0215. The van der Waals surface area contributed by atoms with Crippen molar-refractivity contribution in [2.45, 2.75) is 25.4 Å². The molecular weight excluding hydrogens is 256 g/mol. The van der Waals surface area contributed by atoms with Crippen molar-refractivity contribution in [1.82, 2.24) is 0 Å². The summed E-state index contributed by atoms with van der Waals surface area (Å²) in [5.41, 5.74) is 7.62. The van der Waals surface area contributed by atoms with Gasteiger partial charge in [-0.25, -0.2) is 4.79 Å². The molecule has 1 fully saturated rings. The van der Waals surface area contributed by atoms with E-state index in [4.69, 9.17) is 15.2 Å². The molecule has 1 heterocycles. The average molecular weight is 278 g/mol. The maximum atomic E-state index is 11.8. The Labute approximate surface area is 119 Å². The quantitative estimate of drug-likeness (QED) is 0.674. The Morgan fingerprint density at radius 3 is 2.95 bits per heavy atom. The normalized spacial score (nSPS) is 18.6. The van der Waals surface area contributed by atoms with Crippen molar-refractivity contribution in [1.29, 1.82) is 0 Å². The Bertz CT molecular complexity index is 470. The number of hydrogen-bond donors (Lipinski definition) is 1. The van der Waals surface area contributed by atoms with Crippen LogP contribution in [0.4, 0.5) is 11.4 Å². The van der Waals surface area contributed by atoms with E-state index >= 15 is 0 Å². The fourth-order valence-electron chi connectivity index (χ4n) is 2.52. The summed E-state index contributed by atoms with van der Waals surface area (Å²) in [4.78, 5) is 13.9. The summed E-state index contributed by atoms with van der Waals surface area (Å²) in [6, 6.07) is 5.30. The Morgan fingerprint density at radius 2 is 2.30 bits per heavy atom. The number of hydrogen-bond acceptors (Lipinski definition) is 5. The number of methoxy groups -OCH3 is 1. The van der Waals surface area contributed by atoms with Gasteiger partial charge in [0, 0.05) is 25.9 Å². The van der Waals surface area contributed by atoms with Crippen molar-refractivity contribution in [2.75, 3.05) is 37.9 Å². The molecular formula is C15H22N2O3. The van der Waals surface area contributed by atoms with Crippen LogP contribution in [0.3, 0.4) is 0 Å². The molecule has 1 aromatic carbocycles. The highest BCUT2D eigenvalue weighted by molar-refractivity contribution is 5.96. The van der Waals surface area contributed by atoms with Gasteiger partial charge in [0.2, 0.25) is 0 Å². The van der Waals surface area contributed by atoms with Crippen LogP contribution in [-0.2, 0) is 9.47 Å². The molecule has 0 bridgehead atoms. The fourth-order valence-corrected chi connectivity index (χ4v) is 2.52. The lowest BCUT2D eigenvalue weighted by atomic mass is 10.1. The van der Waals surface area contributed by atoms with Crippen molar-refractivity contribution in [3.05, 3.63) is 23.8 Å². The zero-order valence-corrected chi connectivity index (χ0v) is 12.1. The van der Waals surface area contributed by atoms with E-state index in [9.17, 15) is 4.79 Å². The maximum absolute atomic E-state index is 11.8. The van der Waals surface area contributed by atoms with E-state index in [-0.39, 0.29) is 12.1 Å². The first-order valence-electron chi connectivity index (χ1n) is 6.92. The zero-order chi connectivity index (χ0) is 14.5. The number of nitrogens with two attached hydrogens (primary N) is 1. The van der Waals surface area contributed by atoms with E-state index in [0.717, 1.165) is 31.7 Å². The molecule has 110 valence electrons. The second-order valence-electron chi connectivity index (χ2n) is 5.14. The summed E-state index contributed by atoms with van der Waals surface area (Å²) in [5, 5.41) is 0. The van der Waals surface area contributed by atoms with Crippen LogP contribution < -0.4 is 10.6 Å². The van der Waals surface area contributed by atoms with Crippen LogP contribution in [0.15, 0.2) is 18.2 Å². The Balaban J connectivity index is 2.15. The summed E-state index contributed by atoms with van der Waals surface area (Å²) >= 11 is 0. The summed E-state index contributed by atoms with van der Waals surface area (Å²) in [6.07, 6.45) is 3.61. The Morgan fingerprint density at radius 1 is 1.50 bits per heavy atom. The second kappa shape index (κ2) is 6.61. The topological polar surface area (TPSA) is 64.8 Å². The minimum atomic E-state index is -0.372. The first-order chi connectivity index (χ1) is 9.61. The first-order valence-corrected chi connectivity index (χ1v) is 6.92. The van der Waals surface area contributed by atoms with E-state index in [1.807, 2.05) is 18.0 Å². The first kappa shape index (κ1) is 14.7. The van der Waals surface area contributed by atoms with E-state index in [0.29, 0.717) is 11.3 Å². The van der Waals surface area contributed by atoms with Gasteiger partial charge in [-0.05, 0) is 37.5 Å². The maximum Gasteiger partial charge on any atom is 0.340 e. The largest absolute Gasteiger partial charge is 0.465 e. The molecule has 2 N–H and O–H groups in total. The summed E-state index contributed by atoms with van der Waals surface area (Å²) in [6.45, 7) is 1.58. The highest BCUT2D eigenvalue weighted by Crippen LogP contribution is 2.24. The fraction of sp³-hybridized carbons (Fsp3) is 0.533. The molecule has 0 amide bonds. The predicted octanol–water partition coefficient (Wildman–Crippen LogP) is 2.06. The lowest BCUT2D eigenvalue weighted by Gasteiger charge is -2.29. The Kier molecular flexibility index (Phi) is 4.84. The van der Waals surface area contributed by atoms with Crippen LogP contribution in [0.2, 0.25) is 0 Å². The number of anilines is 2. The van der Waals surface area contributed by atoms with Gasteiger partial charge in [-0.3, -0.25) is 0 Å². The van der Waals surface area contributed by atoms with Crippen molar-refractivity contribution in [3.63, 3.8) is 0 Å². The SMILES string of the molecule is COC(=O)c1cc(N)ccc1N(C)CC1CCCCO1. The molecule has 5 heteroatoms. The average Bonchev–Trinajstić information content (AvgIpc) is 2.47. The number of nitrogens with zero attached hydrogens (tertiary/aromatic N) is 1. The molecule has 0 saturated carbocycles. The molecule has 1 saturated heterocycles. The third kappa shape index (κ3) is 3.42. The Hall–Kier alpha value is -1.75. The molecule has 1 aromatic rings. The zero-order valence-electron chi connectivity index (χ0n) is 12.1. The van der Waals surface area contributed by atoms with Crippen molar-refractivity contribution >= 4 is 17.3 Å². The second-order valence-corrected chi connectivity index (χ2v) is 5.14. The van der Waals surface area contributed by atoms with Crippen molar-refractivity contribution in [2.24, 2.45) is 0 Å². The predicted molar refractivity (Wildman–Crippen MR) is 79.1 cm³/mol. The molecule has 1 aliphatic heterocycles. The minimum Gasteiger partial charge on any atom is -0.465 e. The van der Waals surface area contributed by atoms with Crippen LogP contribution >= 0.6 is 0 Å². The molecule has 1 atom stereocenters. The van der Waals surface area contributed by atoms with Gasteiger partial charge >= 0.3 is 5.97 Å². The number of esters is 1. The number of nitrogen functional groups attached to an aromatic ring is 1. The van der Waals surface area contributed by atoms with E-state index < -0.39 is 0 Å². The van der Waals surface area contributed by atoms with E-state index in [1.54, 1.807) is 12.1 Å². The summed E-state index contributed by atoms with van der Waals surface area (Å²) in [7, 11) is 3.33. The van der Waals surface area contributed by atoms with Gasteiger partial charge in [-0.2, -0.15) is 0 Å². The van der Waals surface area contributed by atoms with Crippen LogP contribution in [0, 0.1) is 0 Å². The molecule has 0 radical (unpaired) electrons. The standard InChI is InChI=1S/C15H22N2O3/c1-17(10-12-5-3-4-8-20-12)14-7-6-11(16)9-13(14)15(18)19-2/h6-7,9,12H,3-5,8,10,16H2,1-2H3. The molecule has 0 aromatic heterocycles. The van der Waals surface area contributed by atoms with Gasteiger partial charge < -0.3 is 20.1 Å². The van der Waals surface area contributed by atoms with Gasteiger partial charge in [0.1, 0.15) is 0 Å². The number of carbonyl (C=O) groups excluding carboxylic acids is 1. The highest BCUT2D eigenvalue weighted by Gasteiger charge is 2.20. The molecule has 0 aliphatic carbocycles. The molecule has 1 aliphatic rings. The molecule has 20 heavy (non-hydrogen) atoms. The third-order valence-electron chi connectivity index (χ3n) is 3.59. The number of rotatable bonds is 4. The van der Waals surface area contributed by atoms with Crippen molar-refractivity contribution in [3.8, 4) is 0 Å². The van der Waals surface area contributed by atoms with Crippen LogP contribution in [0.25, 0.3) is 0 Å². The number of ether oxygens (including phenoxy) is 2. The molecule has 0 spiro atoms. The van der Waals surface area contributed by atoms with Gasteiger partial charge in [-0.15, -0.1) is 0 Å². The molecule has 5 nitrogen and oxygen atoms in total. The van der Waals surface area contributed by atoms with Crippen LogP contribution in [0.5, 0.6) is 0 Å². The number of benzene rings is 1. The van der Waals surface area contributed by atoms with Gasteiger partial charge in [-0.1, -0.05) is 0 Å². The molecule has 1 unspecified atom stereocenters.